The fourth-order valence-corrected chi connectivity index (χ4v) is 2.60. The zero-order valence-corrected chi connectivity index (χ0v) is 10.9. The molecule has 98 valence electrons. The molecule has 1 saturated heterocycles. The van der Waals surface area contributed by atoms with E-state index in [0.29, 0.717) is 5.75 Å². The van der Waals surface area contributed by atoms with E-state index < -0.39 is 0 Å². The molecule has 0 aliphatic carbocycles. The number of primary amides is 1. The van der Waals surface area contributed by atoms with Crippen molar-refractivity contribution in [3.8, 4) is 5.75 Å². The van der Waals surface area contributed by atoms with Crippen LogP contribution in [0.15, 0.2) is 12.1 Å². The zero-order chi connectivity index (χ0) is 13.3. The van der Waals surface area contributed by atoms with Gasteiger partial charge in [0.05, 0.1) is 5.92 Å². The van der Waals surface area contributed by atoms with E-state index in [1.165, 1.54) is 5.56 Å². The summed E-state index contributed by atoms with van der Waals surface area (Å²) >= 11 is 0. The molecule has 1 unspecified atom stereocenters. The van der Waals surface area contributed by atoms with Crippen molar-refractivity contribution in [2.75, 3.05) is 13.1 Å². The largest absolute Gasteiger partial charge is 0.507 e. The number of amides is 1. The maximum atomic E-state index is 11.1. The van der Waals surface area contributed by atoms with E-state index in [1.807, 2.05) is 26.0 Å². The minimum atomic E-state index is -0.199. The van der Waals surface area contributed by atoms with Crippen LogP contribution < -0.4 is 5.73 Å². The Morgan fingerprint density at radius 1 is 1.44 bits per heavy atom. The number of aromatic hydroxyl groups is 1. The third-order valence-corrected chi connectivity index (χ3v) is 3.63. The molecule has 4 nitrogen and oxygen atoms in total. The van der Waals surface area contributed by atoms with E-state index in [-0.39, 0.29) is 11.8 Å². The highest BCUT2D eigenvalue weighted by molar-refractivity contribution is 5.77. The molecule has 0 bridgehead atoms. The monoisotopic (exact) mass is 248 g/mol. The molecule has 4 heteroatoms. The fraction of sp³-hybridized carbons (Fsp3) is 0.500. The van der Waals surface area contributed by atoms with Crippen molar-refractivity contribution in [1.82, 2.24) is 4.90 Å². The van der Waals surface area contributed by atoms with Gasteiger partial charge in [0.2, 0.25) is 5.91 Å². The number of phenolic OH excluding ortho intramolecular Hbond substituents is 1. The van der Waals surface area contributed by atoms with Gasteiger partial charge >= 0.3 is 0 Å². The number of hydrogen-bond acceptors (Lipinski definition) is 3. The van der Waals surface area contributed by atoms with E-state index in [9.17, 15) is 9.90 Å². The standard InChI is InChI=1S/C14H20N2O2/c1-9-5-11(6-10(2)13(9)17)7-16-4-3-12(8-16)14(15)18/h5-6,12,17H,3-4,7-8H2,1-2H3,(H2,15,18). The number of nitrogens with zero attached hydrogens (tertiary/aromatic N) is 1. The lowest BCUT2D eigenvalue weighted by Gasteiger charge is -2.16. The Labute approximate surface area is 107 Å². The fourth-order valence-electron chi connectivity index (χ4n) is 2.60. The predicted octanol–water partition coefficient (Wildman–Crippen LogP) is 1.32. The Kier molecular flexibility index (Phi) is 3.57. The first-order valence-electron chi connectivity index (χ1n) is 6.28. The molecular formula is C14H20N2O2. The first kappa shape index (κ1) is 12.9. The number of carbonyl (C=O) groups is 1. The van der Waals surface area contributed by atoms with E-state index in [1.54, 1.807) is 0 Å². The Hall–Kier alpha value is -1.55. The number of carbonyl (C=O) groups excluding carboxylic acids is 1. The van der Waals surface area contributed by atoms with Crippen molar-refractivity contribution in [2.45, 2.75) is 26.8 Å². The first-order valence-corrected chi connectivity index (χ1v) is 6.28. The van der Waals surface area contributed by atoms with Gasteiger partial charge in [0, 0.05) is 13.1 Å². The number of likely N-dealkylation sites (tertiary alicyclic amines) is 1. The van der Waals surface area contributed by atoms with Gasteiger partial charge in [-0.05, 0) is 43.5 Å². The molecule has 0 spiro atoms. The average Bonchev–Trinajstić information content (AvgIpc) is 2.74. The quantitative estimate of drug-likeness (QED) is 0.847. The smallest absolute Gasteiger partial charge is 0.221 e. The lowest BCUT2D eigenvalue weighted by atomic mass is 10.1. The van der Waals surface area contributed by atoms with Crippen molar-refractivity contribution >= 4 is 5.91 Å². The summed E-state index contributed by atoms with van der Waals surface area (Å²) in [5, 5.41) is 9.73. The maximum absolute atomic E-state index is 11.1. The van der Waals surface area contributed by atoms with Crippen molar-refractivity contribution in [3.05, 3.63) is 28.8 Å². The molecule has 1 aliphatic rings. The van der Waals surface area contributed by atoms with E-state index in [0.717, 1.165) is 37.2 Å². The number of benzene rings is 1. The van der Waals surface area contributed by atoms with Crippen LogP contribution in [-0.2, 0) is 11.3 Å². The van der Waals surface area contributed by atoms with Crippen molar-refractivity contribution in [2.24, 2.45) is 11.7 Å². The van der Waals surface area contributed by atoms with Gasteiger partial charge in [0.25, 0.3) is 0 Å². The normalized spacial score (nSPS) is 20.2. The molecule has 2 rings (SSSR count). The molecule has 0 saturated carbocycles. The van der Waals surface area contributed by atoms with Gasteiger partial charge in [-0.2, -0.15) is 0 Å². The summed E-state index contributed by atoms with van der Waals surface area (Å²) in [5.74, 6) is 0.162. The van der Waals surface area contributed by atoms with Crippen LogP contribution in [0, 0.1) is 19.8 Å². The molecular weight excluding hydrogens is 228 g/mol. The van der Waals surface area contributed by atoms with Gasteiger partial charge < -0.3 is 10.8 Å². The summed E-state index contributed by atoms with van der Waals surface area (Å²) in [7, 11) is 0. The highest BCUT2D eigenvalue weighted by Gasteiger charge is 2.26. The van der Waals surface area contributed by atoms with Crippen LogP contribution in [0.4, 0.5) is 0 Å². The van der Waals surface area contributed by atoms with Gasteiger partial charge in [0.1, 0.15) is 5.75 Å². The summed E-state index contributed by atoms with van der Waals surface area (Å²) in [6.07, 6.45) is 0.853. The van der Waals surface area contributed by atoms with Crippen molar-refractivity contribution in [1.29, 1.82) is 0 Å². The lowest BCUT2D eigenvalue weighted by Crippen LogP contribution is -2.27. The van der Waals surface area contributed by atoms with E-state index in [4.69, 9.17) is 5.73 Å². The summed E-state index contributed by atoms with van der Waals surface area (Å²) < 4.78 is 0. The van der Waals surface area contributed by atoms with Crippen LogP contribution in [0.5, 0.6) is 5.75 Å². The molecule has 1 amide bonds. The first-order chi connectivity index (χ1) is 8.47. The Balaban J connectivity index is 2.05. The molecule has 0 aromatic heterocycles. The van der Waals surface area contributed by atoms with Gasteiger partial charge in [-0.1, -0.05) is 12.1 Å². The van der Waals surface area contributed by atoms with Gasteiger partial charge in [-0.3, -0.25) is 9.69 Å². The zero-order valence-electron chi connectivity index (χ0n) is 10.9. The molecule has 1 atom stereocenters. The van der Waals surface area contributed by atoms with Crippen LogP contribution in [0.3, 0.4) is 0 Å². The number of aryl methyl sites for hydroxylation is 2. The third-order valence-electron chi connectivity index (χ3n) is 3.63. The van der Waals surface area contributed by atoms with Gasteiger partial charge in [-0.15, -0.1) is 0 Å². The number of rotatable bonds is 3. The minimum Gasteiger partial charge on any atom is -0.507 e. The Bertz CT molecular complexity index is 448. The van der Waals surface area contributed by atoms with E-state index in [2.05, 4.69) is 4.90 Å². The van der Waals surface area contributed by atoms with Crippen LogP contribution in [0.25, 0.3) is 0 Å². The molecule has 1 aliphatic heterocycles. The van der Waals surface area contributed by atoms with Gasteiger partial charge in [0.15, 0.2) is 0 Å². The number of hydrogen-bond donors (Lipinski definition) is 2. The predicted molar refractivity (Wildman–Crippen MR) is 70.2 cm³/mol. The van der Waals surface area contributed by atoms with Crippen LogP contribution >= 0.6 is 0 Å². The molecule has 1 fully saturated rings. The minimum absolute atomic E-state index is 0.00990. The SMILES string of the molecule is Cc1cc(CN2CCC(C(N)=O)C2)cc(C)c1O. The molecule has 1 heterocycles. The summed E-state index contributed by atoms with van der Waals surface area (Å²) in [6.45, 7) is 6.27. The Morgan fingerprint density at radius 2 is 2.06 bits per heavy atom. The summed E-state index contributed by atoms with van der Waals surface area (Å²) in [5.41, 5.74) is 8.29. The highest BCUT2D eigenvalue weighted by Crippen LogP contribution is 2.25. The van der Waals surface area contributed by atoms with Crippen molar-refractivity contribution in [3.63, 3.8) is 0 Å². The van der Waals surface area contributed by atoms with E-state index >= 15 is 0 Å². The molecule has 3 N–H and O–H groups in total. The molecule has 1 aromatic rings. The summed E-state index contributed by atoms with van der Waals surface area (Å²) in [6, 6.07) is 4.00. The van der Waals surface area contributed by atoms with Crippen LogP contribution in [-0.4, -0.2) is 29.0 Å². The second-order valence-electron chi connectivity index (χ2n) is 5.20. The number of nitrogens with two attached hydrogens (primary N) is 1. The van der Waals surface area contributed by atoms with Crippen LogP contribution in [0.2, 0.25) is 0 Å². The summed E-state index contributed by atoms with van der Waals surface area (Å²) in [4.78, 5) is 13.4. The molecule has 1 aromatic carbocycles. The van der Waals surface area contributed by atoms with Gasteiger partial charge in [-0.25, -0.2) is 0 Å². The van der Waals surface area contributed by atoms with Crippen molar-refractivity contribution < 1.29 is 9.90 Å². The lowest BCUT2D eigenvalue weighted by molar-refractivity contribution is -0.121. The van der Waals surface area contributed by atoms with Crippen LogP contribution in [0.1, 0.15) is 23.1 Å². The second-order valence-corrected chi connectivity index (χ2v) is 5.20. The number of phenols is 1. The Morgan fingerprint density at radius 3 is 2.56 bits per heavy atom. The molecule has 18 heavy (non-hydrogen) atoms. The molecule has 0 radical (unpaired) electrons. The third kappa shape index (κ3) is 2.64. The second kappa shape index (κ2) is 4.98. The average molecular weight is 248 g/mol. The maximum Gasteiger partial charge on any atom is 0.221 e. The topological polar surface area (TPSA) is 66.6 Å². The highest BCUT2D eigenvalue weighted by atomic mass is 16.3.